The molecule has 0 amide bonds. The molecule has 0 saturated carbocycles. The lowest BCUT2D eigenvalue weighted by atomic mass is 9.97. The van der Waals surface area contributed by atoms with Gasteiger partial charge in [0.05, 0.1) is 19.7 Å². The lowest BCUT2D eigenvalue weighted by Gasteiger charge is -2.28. The molecule has 0 aromatic heterocycles. The normalized spacial score (nSPS) is 20.0. The molecule has 25 heavy (non-hydrogen) atoms. The van der Waals surface area contributed by atoms with Gasteiger partial charge in [0.2, 0.25) is 0 Å². The minimum atomic E-state index is -0.0409. The monoisotopic (exact) mass is 340 g/mol. The van der Waals surface area contributed by atoms with Crippen LogP contribution in [0.3, 0.4) is 0 Å². The van der Waals surface area contributed by atoms with Crippen LogP contribution in [-0.4, -0.2) is 25.7 Å². The minimum Gasteiger partial charge on any atom is -0.466 e. The average molecular weight is 340 g/mol. The maximum absolute atomic E-state index is 12.0. The van der Waals surface area contributed by atoms with Gasteiger partial charge in [0.15, 0.2) is 0 Å². The highest BCUT2D eigenvalue weighted by molar-refractivity contribution is 5.72. The van der Waals surface area contributed by atoms with Gasteiger partial charge in [0.1, 0.15) is 24.0 Å². The van der Waals surface area contributed by atoms with Gasteiger partial charge in [-0.2, -0.15) is 0 Å². The van der Waals surface area contributed by atoms with E-state index in [-0.39, 0.29) is 11.9 Å². The van der Waals surface area contributed by atoms with Crippen molar-refractivity contribution in [1.29, 1.82) is 0 Å². The number of nitrogens with one attached hydrogen (secondary N) is 1. The van der Waals surface area contributed by atoms with Gasteiger partial charge in [-0.05, 0) is 44.0 Å². The molecule has 1 heterocycles. The van der Waals surface area contributed by atoms with Gasteiger partial charge >= 0.3 is 5.97 Å². The Balaban J connectivity index is 1.61. The van der Waals surface area contributed by atoms with Crippen LogP contribution in [0.2, 0.25) is 0 Å². The molecule has 2 atom stereocenters. The number of piperidine rings is 1. The van der Waals surface area contributed by atoms with Gasteiger partial charge in [-0.25, -0.2) is 0 Å². The lowest BCUT2D eigenvalue weighted by molar-refractivity contribution is -0.921. The van der Waals surface area contributed by atoms with E-state index in [0.717, 1.165) is 44.0 Å². The Hall–Kier alpha value is -2.33. The van der Waals surface area contributed by atoms with Crippen LogP contribution < -0.4 is 9.64 Å². The SMILES string of the molecule is CCOC(=O)[C@@H]1CCC[NH+](Cc2cccc(Oc3ccccc3)c2)C1. The van der Waals surface area contributed by atoms with Crippen LogP contribution in [0, 0.1) is 5.92 Å². The zero-order valence-electron chi connectivity index (χ0n) is 14.7. The molecule has 2 aromatic carbocycles. The van der Waals surface area contributed by atoms with Crippen LogP contribution in [0.5, 0.6) is 11.5 Å². The average Bonchev–Trinajstić information content (AvgIpc) is 2.63. The van der Waals surface area contributed by atoms with Crippen molar-refractivity contribution in [3.05, 3.63) is 60.2 Å². The molecule has 2 aromatic rings. The molecule has 0 aliphatic carbocycles. The highest BCUT2D eigenvalue weighted by atomic mass is 16.5. The van der Waals surface area contributed by atoms with E-state index in [1.807, 2.05) is 49.4 Å². The molecule has 0 spiro atoms. The van der Waals surface area contributed by atoms with E-state index in [2.05, 4.69) is 12.1 Å². The summed E-state index contributed by atoms with van der Waals surface area (Å²) in [6.45, 7) is 5.18. The molecule has 1 unspecified atom stereocenters. The van der Waals surface area contributed by atoms with Crippen LogP contribution in [0.4, 0.5) is 0 Å². The van der Waals surface area contributed by atoms with Gasteiger partial charge < -0.3 is 14.4 Å². The van der Waals surface area contributed by atoms with Crippen LogP contribution in [0.15, 0.2) is 54.6 Å². The molecule has 132 valence electrons. The maximum atomic E-state index is 12.0. The van der Waals surface area contributed by atoms with Gasteiger partial charge in [-0.1, -0.05) is 30.3 Å². The van der Waals surface area contributed by atoms with Gasteiger partial charge in [-0.15, -0.1) is 0 Å². The number of benzene rings is 2. The van der Waals surface area contributed by atoms with E-state index in [4.69, 9.17) is 9.47 Å². The number of carbonyl (C=O) groups excluding carboxylic acids is 1. The molecule has 3 rings (SSSR count). The van der Waals surface area contributed by atoms with Crippen molar-refractivity contribution in [2.75, 3.05) is 19.7 Å². The van der Waals surface area contributed by atoms with Crippen molar-refractivity contribution < 1.29 is 19.2 Å². The summed E-state index contributed by atoms with van der Waals surface area (Å²) in [6.07, 6.45) is 2.01. The molecule has 1 saturated heterocycles. The van der Waals surface area contributed by atoms with Crippen molar-refractivity contribution in [3.63, 3.8) is 0 Å². The van der Waals surface area contributed by atoms with Crippen molar-refractivity contribution in [3.8, 4) is 11.5 Å². The van der Waals surface area contributed by atoms with Crippen LogP contribution in [-0.2, 0) is 16.1 Å². The summed E-state index contributed by atoms with van der Waals surface area (Å²) >= 11 is 0. The number of ether oxygens (including phenoxy) is 2. The van der Waals surface area contributed by atoms with Gasteiger partial charge in [0.25, 0.3) is 0 Å². The van der Waals surface area contributed by atoms with Gasteiger partial charge in [0, 0.05) is 5.56 Å². The number of esters is 1. The number of hydrogen-bond donors (Lipinski definition) is 1. The second-order valence-electron chi connectivity index (χ2n) is 6.53. The Bertz CT molecular complexity index is 687. The van der Waals surface area contributed by atoms with Gasteiger partial charge in [-0.3, -0.25) is 4.79 Å². The second-order valence-corrected chi connectivity index (χ2v) is 6.53. The molecule has 1 fully saturated rings. The summed E-state index contributed by atoms with van der Waals surface area (Å²) in [5, 5.41) is 0. The summed E-state index contributed by atoms with van der Waals surface area (Å²) in [4.78, 5) is 13.4. The predicted molar refractivity (Wildman–Crippen MR) is 96.7 cm³/mol. The van der Waals surface area contributed by atoms with Crippen molar-refractivity contribution >= 4 is 5.97 Å². The van der Waals surface area contributed by atoms with E-state index in [0.29, 0.717) is 6.61 Å². The smallest absolute Gasteiger partial charge is 0.314 e. The fourth-order valence-corrected chi connectivity index (χ4v) is 3.41. The number of carbonyl (C=O) groups is 1. The van der Waals surface area contributed by atoms with Crippen molar-refractivity contribution in [1.82, 2.24) is 0 Å². The maximum Gasteiger partial charge on any atom is 0.314 e. The molecule has 0 radical (unpaired) electrons. The summed E-state index contributed by atoms with van der Waals surface area (Å²) in [5.74, 6) is 1.68. The zero-order valence-corrected chi connectivity index (χ0v) is 14.7. The van der Waals surface area contributed by atoms with E-state index in [1.54, 1.807) is 0 Å². The number of likely N-dealkylation sites (tertiary alicyclic amines) is 1. The highest BCUT2D eigenvalue weighted by Gasteiger charge is 2.29. The summed E-state index contributed by atoms with van der Waals surface area (Å²) in [6, 6.07) is 18.0. The Kier molecular flexibility index (Phi) is 6.07. The molecule has 0 bridgehead atoms. The fourth-order valence-electron chi connectivity index (χ4n) is 3.41. The molecule has 4 nitrogen and oxygen atoms in total. The third-order valence-electron chi connectivity index (χ3n) is 4.57. The molecule has 1 aliphatic heterocycles. The summed E-state index contributed by atoms with van der Waals surface area (Å²) in [5.41, 5.74) is 1.23. The summed E-state index contributed by atoms with van der Waals surface area (Å²) < 4.78 is 11.1. The Morgan fingerprint density at radius 2 is 1.92 bits per heavy atom. The number of para-hydroxylation sites is 1. The number of hydrogen-bond acceptors (Lipinski definition) is 3. The van der Waals surface area contributed by atoms with E-state index in [9.17, 15) is 4.79 Å². The summed E-state index contributed by atoms with van der Waals surface area (Å²) in [7, 11) is 0. The zero-order chi connectivity index (χ0) is 17.5. The molecular weight excluding hydrogens is 314 g/mol. The Labute approximate surface area is 149 Å². The van der Waals surface area contributed by atoms with Crippen LogP contribution >= 0.6 is 0 Å². The first-order valence-electron chi connectivity index (χ1n) is 9.06. The third kappa shape index (κ3) is 5.07. The highest BCUT2D eigenvalue weighted by Crippen LogP contribution is 2.21. The second kappa shape index (κ2) is 8.67. The molecule has 1 aliphatic rings. The predicted octanol–water partition coefficient (Wildman–Crippen LogP) is 2.84. The first-order valence-corrected chi connectivity index (χ1v) is 9.06. The fraction of sp³-hybridized carbons (Fsp3) is 0.381. The van der Waals surface area contributed by atoms with E-state index < -0.39 is 0 Å². The number of quaternary nitrogens is 1. The lowest BCUT2D eigenvalue weighted by Crippen LogP contribution is -3.12. The third-order valence-corrected chi connectivity index (χ3v) is 4.57. The van der Waals surface area contributed by atoms with Crippen LogP contribution in [0.1, 0.15) is 25.3 Å². The first-order chi connectivity index (χ1) is 12.2. The van der Waals surface area contributed by atoms with E-state index in [1.165, 1.54) is 10.5 Å². The van der Waals surface area contributed by atoms with Crippen molar-refractivity contribution in [2.45, 2.75) is 26.3 Å². The molecular formula is C21H26NO3+. The minimum absolute atomic E-state index is 0.0347. The quantitative estimate of drug-likeness (QED) is 0.822. The largest absolute Gasteiger partial charge is 0.466 e. The standard InChI is InChI=1S/C21H25NO3/c1-2-24-21(23)18-9-7-13-22(16-18)15-17-8-6-12-20(14-17)25-19-10-4-3-5-11-19/h3-6,8,10-12,14,18H,2,7,9,13,15-16H2,1H3/p+1/t18-/m1/s1. The molecule has 1 N–H and O–H groups in total. The van der Waals surface area contributed by atoms with E-state index >= 15 is 0 Å². The van der Waals surface area contributed by atoms with Crippen molar-refractivity contribution in [2.24, 2.45) is 5.92 Å². The Morgan fingerprint density at radius 1 is 1.12 bits per heavy atom. The van der Waals surface area contributed by atoms with Crippen LogP contribution in [0.25, 0.3) is 0 Å². The topological polar surface area (TPSA) is 40.0 Å². The first kappa shape index (κ1) is 17.5. The Morgan fingerprint density at radius 3 is 2.72 bits per heavy atom. The number of rotatable bonds is 6. The molecule has 4 heteroatoms.